The highest BCUT2D eigenvalue weighted by atomic mass is 35.5. The van der Waals surface area contributed by atoms with Gasteiger partial charge in [-0.2, -0.15) is 0 Å². The number of rotatable bonds is 2. The van der Waals surface area contributed by atoms with Crippen LogP contribution in [-0.4, -0.2) is 43.4 Å². The summed E-state index contributed by atoms with van der Waals surface area (Å²) in [6.45, 7) is 1.21. The second-order valence-electron chi connectivity index (χ2n) is 5.86. The van der Waals surface area contributed by atoms with Gasteiger partial charge in [-0.25, -0.2) is 9.97 Å². The van der Waals surface area contributed by atoms with Crippen molar-refractivity contribution in [3.8, 4) is 0 Å². The third kappa shape index (κ3) is 2.99. The Labute approximate surface area is 153 Å². The summed E-state index contributed by atoms with van der Waals surface area (Å²) < 4.78 is 5.47. The summed E-state index contributed by atoms with van der Waals surface area (Å²) in [4.78, 5) is 10.2. The van der Waals surface area contributed by atoms with Gasteiger partial charge >= 0.3 is 0 Å². The van der Waals surface area contributed by atoms with Crippen LogP contribution in [0.5, 0.6) is 0 Å². The standard InChI is InChI=1S/C16H14Cl2N4O3/c17-10-5-8(12(23)6-13(10)24)15-9-7-22(4-2-11(9)21-25-15)14-1-3-19-16(18)20-14/h1,3,5-6,10,13,23-24H,2,4,7H2. The Hall–Kier alpha value is -2.09. The fourth-order valence-corrected chi connectivity index (χ4v) is 3.34. The summed E-state index contributed by atoms with van der Waals surface area (Å²) in [6.07, 6.45) is 4.21. The molecule has 2 aromatic rings. The SMILES string of the molecule is OC1=CC(O)C(Cl)C=C1c1onc2c1CN(c1ccnc(Cl)n1)CC2. The van der Waals surface area contributed by atoms with Crippen molar-refractivity contribution in [2.75, 3.05) is 11.4 Å². The van der Waals surface area contributed by atoms with Crippen LogP contribution in [0.3, 0.4) is 0 Å². The molecule has 2 aliphatic rings. The van der Waals surface area contributed by atoms with Crippen molar-refractivity contribution in [1.29, 1.82) is 0 Å². The minimum atomic E-state index is -0.941. The minimum absolute atomic E-state index is 0.0782. The normalized spacial score (nSPS) is 23.1. The number of aromatic nitrogens is 3. The first-order valence-electron chi connectivity index (χ1n) is 7.69. The Morgan fingerprint density at radius 3 is 2.96 bits per heavy atom. The number of aliphatic hydroxyl groups excluding tert-OH is 2. The maximum Gasteiger partial charge on any atom is 0.224 e. The summed E-state index contributed by atoms with van der Waals surface area (Å²) in [6, 6.07) is 1.78. The molecule has 0 spiro atoms. The van der Waals surface area contributed by atoms with Gasteiger partial charge in [-0.15, -0.1) is 11.6 Å². The lowest BCUT2D eigenvalue weighted by Crippen LogP contribution is -2.31. The zero-order chi connectivity index (χ0) is 17.6. The van der Waals surface area contributed by atoms with E-state index in [9.17, 15) is 10.2 Å². The minimum Gasteiger partial charge on any atom is -0.507 e. The quantitative estimate of drug-likeness (QED) is 0.610. The highest BCUT2D eigenvalue weighted by Crippen LogP contribution is 2.35. The lowest BCUT2D eigenvalue weighted by Gasteiger charge is -2.27. The zero-order valence-corrected chi connectivity index (χ0v) is 14.4. The molecule has 9 heteroatoms. The first kappa shape index (κ1) is 16.4. The average molecular weight is 381 g/mol. The predicted octanol–water partition coefficient (Wildman–Crippen LogP) is 2.49. The third-order valence-electron chi connectivity index (χ3n) is 4.27. The lowest BCUT2D eigenvalue weighted by atomic mass is 9.95. The molecule has 0 bridgehead atoms. The molecule has 0 saturated heterocycles. The highest BCUT2D eigenvalue weighted by Gasteiger charge is 2.31. The first-order chi connectivity index (χ1) is 12.0. The van der Waals surface area contributed by atoms with Gasteiger partial charge in [0.2, 0.25) is 5.28 Å². The van der Waals surface area contributed by atoms with Gasteiger partial charge in [0.05, 0.1) is 29.3 Å². The second-order valence-corrected chi connectivity index (χ2v) is 6.70. The summed E-state index contributed by atoms with van der Waals surface area (Å²) >= 11 is 12.0. The smallest absolute Gasteiger partial charge is 0.224 e. The monoisotopic (exact) mass is 380 g/mol. The number of fused-ring (bicyclic) bond motifs is 1. The molecule has 2 atom stereocenters. The molecule has 0 amide bonds. The van der Waals surface area contributed by atoms with Gasteiger partial charge < -0.3 is 19.6 Å². The maximum absolute atomic E-state index is 10.2. The summed E-state index contributed by atoms with van der Waals surface area (Å²) in [5, 5.41) is 23.6. The summed E-state index contributed by atoms with van der Waals surface area (Å²) in [5.74, 6) is 1.08. The van der Waals surface area contributed by atoms with Crippen LogP contribution in [0.25, 0.3) is 5.57 Å². The lowest BCUT2D eigenvalue weighted by molar-refractivity contribution is 0.222. The maximum atomic E-state index is 10.2. The van der Waals surface area contributed by atoms with E-state index < -0.39 is 11.5 Å². The Balaban J connectivity index is 1.68. The molecule has 1 aliphatic carbocycles. The molecule has 0 aromatic carbocycles. The Morgan fingerprint density at radius 1 is 1.32 bits per heavy atom. The Morgan fingerprint density at radius 2 is 2.16 bits per heavy atom. The Bertz CT molecular complexity index is 880. The van der Waals surface area contributed by atoms with Crippen LogP contribution >= 0.6 is 23.2 Å². The fourth-order valence-electron chi connectivity index (χ4n) is 3.00. The molecule has 4 rings (SSSR count). The summed E-state index contributed by atoms with van der Waals surface area (Å²) in [5.41, 5.74) is 2.12. The molecule has 1 aliphatic heterocycles. The van der Waals surface area contributed by atoms with E-state index in [0.717, 1.165) is 11.3 Å². The van der Waals surface area contributed by atoms with Gasteiger partial charge in [0, 0.05) is 24.7 Å². The molecule has 130 valence electrons. The van der Waals surface area contributed by atoms with Crippen molar-refractivity contribution in [3.05, 3.63) is 52.5 Å². The van der Waals surface area contributed by atoms with E-state index in [4.69, 9.17) is 27.7 Å². The first-order valence-corrected chi connectivity index (χ1v) is 8.51. The van der Waals surface area contributed by atoms with Crippen molar-refractivity contribution < 1.29 is 14.7 Å². The van der Waals surface area contributed by atoms with Crippen molar-refractivity contribution in [1.82, 2.24) is 15.1 Å². The molecule has 0 fully saturated rings. The van der Waals surface area contributed by atoms with E-state index in [0.29, 0.717) is 36.7 Å². The number of hydrogen-bond donors (Lipinski definition) is 2. The van der Waals surface area contributed by atoms with Gasteiger partial charge in [0.25, 0.3) is 0 Å². The zero-order valence-electron chi connectivity index (χ0n) is 12.9. The van der Waals surface area contributed by atoms with Gasteiger partial charge in [-0.3, -0.25) is 0 Å². The molecular formula is C16H14Cl2N4O3. The predicted molar refractivity (Wildman–Crippen MR) is 92.6 cm³/mol. The van der Waals surface area contributed by atoms with E-state index in [1.807, 2.05) is 4.90 Å². The van der Waals surface area contributed by atoms with E-state index in [1.165, 1.54) is 6.08 Å². The molecule has 7 nitrogen and oxygen atoms in total. The van der Waals surface area contributed by atoms with E-state index in [1.54, 1.807) is 18.3 Å². The van der Waals surface area contributed by atoms with Crippen LogP contribution in [0, 0.1) is 0 Å². The number of nitrogens with zero attached hydrogens (tertiary/aromatic N) is 4. The highest BCUT2D eigenvalue weighted by molar-refractivity contribution is 6.28. The molecule has 2 unspecified atom stereocenters. The van der Waals surface area contributed by atoms with Crippen molar-refractivity contribution in [3.63, 3.8) is 0 Å². The van der Waals surface area contributed by atoms with Gasteiger partial charge in [-0.1, -0.05) is 5.16 Å². The number of halogens is 2. The van der Waals surface area contributed by atoms with Gasteiger partial charge in [-0.05, 0) is 29.8 Å². The van der Waals surface area contributed by atoms with Gasteiger partial charge in [0.1, 0.15) is 11.6 Å². The number of aliphatic hydroxyl groups is 2. The van der Waals surface area contributed by atoms with Crippen molar-refractivity contribution in [2.24, 2.45) is 0 Å². The van der Waals surface area contributed by atoms with E-state index in [2.05, 4.69) is 15.1 Å². The molecule has 25 heavy (non-hydrogen) atoms. The number of anilines is 1. The van der Waals surface area contributed by atoms with Gasteiger partial charge in [0.15, 0.2) is 5.76 Å². The molecule has 2 N–H and O–H groups in total. The van der Waals surface area contributed by atoms with E-state index in [-0.39, 0.29) is 11.0 Å². The van der Waals surface area contributed by atoms with Crippen LogP contribution in [0.4, 0.5) is 5.82 Å². The molecular weight excluding hydrogens is 367 g/mol. The molecule has 2 aromatic heterocycles. The molecule has 3 heterocycles. The van der Waals surface area contributed by atoms with Crippen molar-refractivity contribution in [2.45, 2.75) is 24.4 Å². The third-order valence-corrected chi connectivity index (χ3v) is 4.84. The van der Waals surface area contributed by atoms with E-state index >= 15 is 0 Å². The number of allylic oxidation sites excluding steroid dienone is 1. The molecule has 0 saturated carbocycles. The second kappa shape index (κ2) is 6.33. The largest absolute Gasteiger partial charge is 0.507 e. The average Bonchev–Trinajstić information content (AvgIpc) is 3.01. The summed E-state index contributed by atoms with van der Waals surface area (Å²) in [7, 11) is 0. The number of alkyl halides is 1. The number of hydrogen-bond acceptors (Lipinski definition) is 7. The van der Waals surface area contributed by atoms with Crippen LogP contribution in [0.15, 0.2) is 34.7 Å². The van der Waals surface area contributed by atoms with Crippen LogP contribution in [0.2, 0.25) is 5.28 Å². The van der Waals surface area contributed by atoms with Crippen LogP contribution in [-0.2, 0) is 13.0 Å². The van der Waals surface area contributed by atoms with Crippen molar-refractivity contribution >= 4 is 34.6 Å². The molecule has 0 radical (unpaired) electrons. The topological polar surface area (TPSA) is 95.5 Å². The Kier molecular flexibility index (Phi) is 4.15. The van der Waals surface area contributed by atoms with Crippen LogP contribution in [0.1, 0.15) is 17.0 Å². The fraction of sp³-hybridized carbons (Fsp3) is 0.312. The van der Waals surface area contributed by atoms with Crippen LogP contribution < -0.4 is 4.90 Å².